The van der Waals surface area contributed by atoms with Crippen LogP contribution in [-0.2, 0) is 19.6 Å². The molecule has 0 saturated carbocycles. The van der Waals surface area contributed by atoms with E-state index in [1.165, 1.54) is 20.1 Å². The Morgan fingerprint density at radius 1 is 1.38 bits per heavy atom. The Bertz CT molecular complexity index is 613. The summed E-state index contributed by atoms with van der Waals surface area (Å²) < 4.78 is 44.7. The highest BCUT2D eigenvalue weighted by molar-refractivity contribution is 7.89. The van der Waals surface area contributed by atoms with E-state index in [9.17, 15) is 17.6 Å². The third-order valence-corrected chi connectivity index (χ3v) is 4.40. The lowest BCUT2D eigenvalue weighted by Gasteiger charge is -2.18. The van der Waals surface area contributed by atoms with Gasteiger partial charge in [-0.25, -0.2) is 12.8 Å². The van der Waals surface area contributed by atoms with Gasteiger partial charge in [0.2, 0.25) is 10.0 Å². The Morgan fingerprint density at radius 3 is 2.48 bits per heavy atom. The summed E-state index contributed by atoms with van der Waals surface area (Å²) in [6, 6.07) is 2.50. The van der Waals surface area contributed by atoms with Gasteiger partial charge in [-0.1, -0.05) is 13.8 Å². The van der Waals surface area contributed by atoms with Crippen LogP contribution < -0.4 is 4.72 Å². The number of nitrogens with one attached hydrogen (secondary N) is 1. The largest absolute Gasteiger partial charge is 0.468 e. The fraction of sp³-hybridized carbons (Fsp3) is 0.500. The number of ether oxygens (including phenoxy) is 1. The maximum absolute atomic E-state index is 13.2. The average Bonchev–Trinajstić information content (AvgIpc) is 2.39. The summed E-state index contributed by atoms with van der Waals surface area (Å²) in [7, 11) is -2.72. The standard InChI is InChI=1S/C14H20FNO4S/c1-9(2)7-13(14(17)20-4)16-21(18,19)11-5-6-12(15)10(3)8-11/h5-6,8-9,13,16H,7H2,1-4H3. The number of halogens is 1. The van der Waals surface area contributed by atoms with E-state index in [1.807, 2.05) is 13.8 Å². The van der Waals surface area contributed by atoms with Crippen LogP contribution in [0.5, 0.6) is 0 Å². The van der Waals surface area contributed by atoms with Crippen LogP contribution in [0.3, 0.4) is 0 Å². The van der Waals surface area contributed by atoms with E-state index in [0.29, 0.717) is 6.42 Å². The highest BCUT2D eigenvalue weighted by Gasteiger charge is 2.27. The lowest BCUT2D eigenvalue weighted by Crippen LogP contribution is -2.42. The molecule has 5 nitrogen and oxygen atoms in total. The summed E-state index contributed by atoms with van der Waals surface area (Å²) in [6.45, 7) is 5.21. The van der Waals surface area contributed by atoms with E-state index in [4.69, 9.17) is 0 Å². The summed E-state index contributed by atoms with van der Waals surface area (Å²) >= 11 is 0. The fourth-order valence-corrected chi connectivity index (χ4v) is 3.13. The molecule has 0 heterocycles. The first-order valence-electron chi connectivity index (χ1n) is 6.53. The van der Waals surface area contributed by atoms with E-state index in [1.54, 1.807) is 0 Å². The summed E-state index contributed by atoms with van der Waals surface area (Å²) in [5, 5.41) is 0. The molecule has 0 saturated heterocycles. The number of methoxy groups -OCH3 is 1. The maximum Gasteiger partial charge on any atom is 0.323 e. The second-order valence-corrected chi connectivity index (χ2v) is 6.95. The Morgan fingerprint density at radius 2 is 2.00 bits per heavy atom. The molecule has 1 aromatic rings. The summed E-state index contributed by atoms with van der Waals surface area (Å²) in [6.07, 6.45) is 0.312. The number of esters is 1. The van der Waals surface area contributed by atoms with Crippen LogP contribution >= 0.6 is 0 Å². The van der Waals surface area contributed by atoms with Gasteiger partial charge in [-0.3, -0.25) is 4.79 Å². The van der Waals surface area contributed by atoms with Crippen LogP contribution in [0.25, 0.3) is 0 Å². The van der Waals surface area contributed by atoms with Crippen molar-refractivity contribution in [2.45, 2.75) is 38.1 Å². The summed E-state index contributed by atoms with van der Waals surface area (Å²) in [5.41, 5.74) is 0.219. The Labute approximate surface area is 124 Å². The van der Waals surface area contributed by atoms with Crippen molar-refractivity contribution in [2.24, 2.45) is 5.92 Å². The Hall–Kier alpha value is -1.47. The molecule has 0 radical (unpaired) electrons. The molecule has 1 rings (SSSR count). The molecule has 0 bridgehead atoms. The van der Waals surface area contributed by atoms with Crippen LogP contribution in [0.1, 0.15) is 25.8 Å². The highest BCUT2D eigenvalue weighted by atomic mass is 32.2. The van der Waals surface area contributed by atoms with E-state index in [0.717, 1.165) is 12.1 Å². The molecule has 21 heavy (non-hydrogen) atoms. The van der Waals surface area contributed by atoms with E-state index in [-0.39, 0.29) is 16.4 Å². The third kappa shape index (κ3) is 4.78. The van der Waals surface area contributed by atoms with E-state index >= 15 is 0 Å². The number of rotatable bonds is 6. The molecule has 0 aliphatic heterocycles. The first-order valence-corrected chi connectivity index (χ1v) is 8.02. The quantitative estimate of drug-likeness (QED) is 0.815. The van der Waals surface area contributed by atoms with Crippen molar-refractivity contribution in [3.05, 3.63) is 29.6 Å². The third-order valence-electron chi connectivity index (χ3n) is 2.93. The highest BCUT2D eigenvalue weighted by Crippen LogP contribution is 2.16. The maximum atomic E-state index is 13.2. The molecule has 0 fully saturated rings. The predicted octanol–water partition coefficient (Wildman–Crippen LogP) is 2.00. The zero-order valence-electron chi connectivity index (χ0n) is 12.5. The molecule has 0 aliphatic rings. The lowest BCUT2D eigenvalue weighted by molar-refractivity contribution is -0.143. The molecule has 0 aliphatic carbocycles. The van der Waals surface area contributed by atoms with Crippen molar-refractivity contribution in [2.75, 3.05) is 7.11 Å². The number of benzene rings is 1. The zero-order chi connectivity index (χ0) is 16.2. The first kappa shape index (κ1) is 17.6. The normalized spacial score (nSPS) is 13.2. The first-order chi connectivity index (χ1) is 9.67. The van der Waals surface area contributed by atoms with Crippen LogP contribution in [0.2, 0.25) is 0 Å². The minimum Gasteiger partial charge on any atom is -0.468 e. The van der Waals surface area contributed by atoms with Gasteiger partial charge in [0.15, 0.2) is 0 Å². The molecular formula is C14H20FNO4S. The molecule has 1 atom stereocenters. The predicted molar refractivity (Wildman–Crippen MR) is 76.7 cm³/mol. The van der Waals surface area contributed by atoms with E-state index < -0.39 is 27.9 Å². The average molecular weight is 317 g/mol. The van der Waals surface area contributed by atoms with Crippen LogP contribution in [0.15, 0.2) is 23.1 Å². The van der Waals surface area contributed by atoms with Gasteiger partial charge in [-0.15, -0.1) is 0 Å². The number of hydrogen-bond donors (Lipinski definition) is 1. The van der Waals surface area contributed by atoms with Crippen molar-refractivity contribution in [1.29, 1.82) is 0 Å². The topological polar surface area (TPSA) is 72.5 Å². The number of sulfonamides is 1. The van der Waals surface area contributed by atoms with Crippen molar-refractivity contribution in [3.8, 4) is 0 Å². The lowest BCUT2D eigenvalue weighted by atomic mass is 10.1. The van der Waals surface area contributed by atoms with Gasteiger partial charge in [-0.2, -0.15) is 4.72 Å². The molecule has 0 amide bonds. The molecule has 7 heteroatoms. The fourth-order valence-electron chi connectivity index (χ4n) is 1.85. The van der Waals surface area contributed by atoms with Crippen LogP contribution in [0, 0.1) is 18.7 Å². The van der Waals surface area contributed by atoms with Gasteiger partial charge in [0, 0.05) is 0 Å². The van der Waals surface area contributed by atoms with Crippen molar-refractivity contribution in [3.63, 3.8) is 0 Å². The minimum absolute atomic E-state index is 0.0842. The SMILES string of the molecule is COC(=O)C(CC(C)C)NS(=O)(=O)c1ccc(F)c(C)c1. The molecule has 1 N–H and O–H groups in total. The van der Waals surface area contributed by atoms with Gasteiger partial charge in [0.25, 0.3) is 0 Å². The Kier molecular flexibility index (Phi) is 5.86. The second-order valence-electron chi connectivity index (χ2n) is 5.24. The summed E-state index contributed by atoms with van der Waals surface area (Å²) in [5.74, 6) is -1.03. The number of hydrogen-bond acceptors (Lipinski definition) is 4. The minimum atomic E-state index is -3.92. The summed E-state index contributed by atoms with van der Waals surface area (Å²) in [4.78, 5) is 11.6. The number of carbonyl (C=O) groups excluding carboxylic acids is 1. The van der Waals surface area contributed by atoms with Gasteiger partial charge in [0.05, 0.1) is 12.0 Å². The smallest absolute Gasteiger partial charge is 0.323 e. The van der Waals surface area contributed by atoms with Crippen molar-refractivity contribution < 1.29 is 22.3 Å². The monoisotopic (exact) mass is 317 g/mol. The van der Waals surface area contributed by atoms with Crippen molar-refractivity contribution in [1.82, 2.24) is 4.72 Å². The second kappa shape index (κ2) is 7.00. The van der Waals surface area contributed by atoms with Gasteiger partial charge < -0.3 is 4.74 Å². The molecular weight excluding hydrogens is 297 g/mol. The molecule has 1 unspecified atom stereocenters. The van der Waals surface area contributed by atoms with Gasteiger partial charge in [0.1, 0.15) is 11.9 Å². The van der Waals surface area contributed by atoms with E-state index in [2.05, 4.69) is 9.46 Å². The molecule has 118 valence electrons. The molecule has 0 aromatic heterocycles. The van der Waals surface area contributed by atoms with Crippen LogP contribution in [0.4, 0.5) is 4.39 Å². The van der Waals surface area contributed by atoms with Gasteiger partial charge in [-0.05, 0) is 43.0 Å². The molecule has 1 aromatic carbocycles. The number of aryl methyl sites for hydroxylation is 1. The zero-order valence-corrected chi connectivity index (χ0v) is 13.3. The van der Waals surface area contributed by atoms with Crippen molar-refractivity contribution >= 4 is 16.0 Å². The number of carbonyl (C=O) groups is 1. The molecule has 0 spiro atoms. The van der Waals surface area contributed by atoms with Crippen LogP contribution in [-0.4, -0.2) is 27.5 Å². The Balaban J connectivity index is 3.05. The van der Waals surface area contributed by atoms with Gasteiger partial charge >= 0.3 is 5.97 Å².